The van der Waals surface area contributed by atoms with Gasteiger partial charge < -0.3 is 10.1 Å². The fourth-order valence-electron chi connectivity index (χ4n) is 2.95. The summed E-state index contributed by atoms with van der Waals surface area (Å²) in [5, 5.41) is 3.58. The topological polar surface area (TPSA) is 38.3 Å². The zero-order chi connectivity index (χ0) is 17.2. The van der Waals surface area contributed by atoms with Crippen LogP contribution >= 0.6 is 11.6 Å². The maximum atomic E-state index is 13.7. The van der Waals surface area contributed by atoms with Gasteiger partial charge in [0.1, 0.15) is 0 Å². The van der Waals surface area contributed by atoms with E-state index in [4.69, 9.17) is 16.3 Å². The number of amides is 1. The number of nitrogens with one attached hydrogen (secondary N) is 1. The molecule has 0 spiro atoms. The number of hydrogen-bond acceptors (Lipinski definition) is 2. The van der Waals surface area contributed by atoms with Crippen LogP contribution in [0.3, 0.4) is 0 Å². The van der Waals surface area contributed by atoms with Crippen molar-refractivity contribution in [3.05, 3.63) is 64.4 Å². The van der Waals surface area contributed by atoms with E-state index in [-0.39, 0.29) is 11.7 Å². The molecule has 3 rings (SSSR count). The van der Waals surface area contributed by atoms with E-state index in [0.717, 1.165) is 24.0 Å². The van der Waals surface area contributed by atoms with E-state index in [1.165, 1.54) is 13.2 Å². The molecule has 1 saturated carbocycles. The molecule has 0 heterocycles. The second-order valence-electron chi connectivity index (χ2n) is 6.04. The fourth-order valence-corrected chi connectivity index (χ4v) is 3.26. The lowest BCUT2D eigenvalue weighted by Gasteiger charge is -2.17. The maximum Gasteiger partial charge on any atom is 0.230 e. The lowest BCUT2D eigenvalue weighted by molar-refractivity contribution is -0.123. The van der Waals surface area contributed by atoms with Gasteiger partial charge in [-0.25, -0.2) is 4.39 Å². The highest BCUT2D eigenvalue weighted by Gasteiger charge is 2.52. The summed E-state index contributed by atoms with van der Waals surface area (Å²) in [7, 11) is 1.43. The number of ether oxygens (including phenoxy) is 1. The molecule has 1 amide bonds. The summed E-state index contributed by atoms with van der Waals surface area (Å²) in [6.07, 6.45) is 2.17. The van der Waals surface area contributed by atoms with Crippen LogP contribution in [0.4, 0.5) is 4.39 Å². The lowest BCUT2D eigenvalue weighted by Crippen LogP contribution is -2.36. The first-order valence-corrected chi connectivity index (χ1v) is 8.30. The minimum absolute atomic E-state index is 0.00964. The minimum Gasteiger partial charge on any atom is -0.494 e. The highest BCUT2D eigenvalue weighted by molar-refractivity contribution is 6.31. The molecule has 0 aliphatic heterocycles. The minimum atomic E-state index is -0.497. The van der Waals surface area contributed by atoms with Gasteiger partial charge in [-0.1, -0.05) is 35.9 Å². The highest BCUT2D eigenvalue weighted by atomic mass is 35.5. The van der Waals surface area contributed by atoms with Crippen molar-refractivity contribution >= 4 is 17.5 Å². The van der Waals surface area contributed by atoms with Crippen molar-refractivity contribution in [1.29, 1.82) is 0 Å². The molecule has 0 saturated heterocycles. The summed E-state index contributed by atoms with van der Waals surface area (Å²) >= 11 is 6.24. The van der Waals surface area contributed by atoms with Crippen LogP contribution in [-0.2, 0) is 16.6 Å². The van der Waals surface area contributed by atoms with Crippen LogP contribution in [0.2, 0.25) is 5.02 Å². The Morgan fingerprint density at radius 3 is 2.67 bits per heavy atom. The van der Waals surface area contributed by atoms with E-state index in [1.807, 2.05) is 24.3 Å². The molecule has 0 bridgehead atoms. The van der Waals surface area contributed by atoms with Crippen molar-refractivity contribution in [2.24, 2.45) is 0 Å². The number of methoxy groups -OCH3 is 1. The van der Waals surface area contributed by atoms with Crippen LogP contribution in [0.15, 0.2) is 42.5 Å². The third-order valence-corrected chi connectivity index (χ3v) is 4.82. The monoisotopic (exact) mass is 347 g/mol. The van der Waals surface area contributed by atoms with Crippen molar-refractivity contribution < 1.29 is 13.9 Å². The molecule has 1 fully saturated rings. The van der Waals surface area contributed by atoms with E-state index in [2.05, 4.69) is 5.32 Å². The Morgan fingerprint density at radius 1 is 1.29 bits per heavy atom. The maximum absolute atomic E-state index is 13.7. The highest BCUT2D eigenvalue weighted by Crippen LogP contribution is 2.50. The molecule has 5 heteroatoms. The van der Waals surface area contributed by atoms with E-state index >= 15 is 0 Å². The van der Waals surface area contributed by atoms with Crippen LogP contribution in [-0.4, -0.2) is 19.6 Å². The molecule has 2 aromatic rings. The van der Waals surface area contributed by atoms with Crippen molar-refractivity contribution in [3.63, 3.8) is 0 Å². The summed E-state index contributed by atoms with van der Waals surface area (Å²) in [6, 6.07) is 12.3. The second-order valence-corrected chi connectivity index (χ2v) is 6.44. The molecule has 1 aliphatic rings. The largest absolute Gasteiger partial charge is 0.494 e. The Labute approximate surface area is 145 Å². The van der Waals surface area contributed by atoms with Crippen LogP contribution < -0.4 is 10.1 Å². The molecule has 1 N–H and O–H groups in total. The first-order valence-electron chi connectivity index (χ1n) is 7.92. The van der Waals surface area contributed by atoms with Crippen LogP contribution in [0.1, 0.15) is 24.0 Å². The number of benzene rings is 2. The Hall–Kier alpha value is -2.07. The standard InChI is InChI=1S/C19H19ClFNO2/c1-24-17-7-6-13(12-16(17)21)8-11-22-18(23)19(9-10-19)14-4-2-3-5-15(14)20/h2-7,12H,8-11H2,1H3,(H,22,23). The molecule has 3 nitrogen and oxygen atoms in total. The van der Waals surface area contributed by atoms with Gasteiger partial charge in [-0.05, 0) is 48.6 Å². The second kappa shape index (κ2) is 6.81. The Kier molecular flexibility index (Phi) is 4.76. The Balaban J connectivity index is 1.60. The lowest BCUT2D eigenvalue weighted by atomic mass is 9.95. The molecule has 24 heavy (non-hydrogen) atoms. The summed E-state index contributed by atoms with van der Waals surface area (Å²) in [5.41, 5.74) is 1.21. The van der Waals surface area contributed by atoms with E-state index in [1.54, 1.807) is 12.1 Å². The first kappa shape index (κ1) is 16.8. The number of halogens is 2. The molecule has 0 aromatic heterocycles. The van der Waals surface area contributed by atoms with Gasteiger partial charge in [0.25, 0.3) is 0 Å². The molecule has 0 radical (unpaired) electrons. The summed E-state index contributed by atoms with van der Waals surface area (Å²) in [4.78, 5) is 12.6. The zero-order valence-corrected chi connectivity index (χ0v) is 14.2. The third kappa shape index (κ3) is 3.24. The van der Waals surface area contributed by atoms with Gasteiger partial charge in [0.05, 0.1) is 12.5 Å². The van der Waals surface area contributed by atoms with Gasteiger partial charge in [0, 0.05) is 11.6 Å². The summed E-state index contributed by atoms with van der Waals surface area (Å²) < 4.78 is 18.6. The normalized spacial score (nSPS) is 15.0. The summed E-state index contributed by atoms with van der Waals surface area (Å²) in [5.74, 6) is -0.181. The van der Waals surface area contributed by atoms with Crippen LogP contribution in [0, 0.1) is 5.82 Å². The van der Waals surface area contributed by atoms with Crippen molar-refractivity contribution in [2.45, 2.75) is 24.7 Å². The Bertz CT molecular complexity index is 759. The quantitative estimate of drug-likeness (QED) is 0.861. The number of carbonyl (C=O) groups is 1. The van der Waals surface area contributed by atoms with Crippen LogP contribution in [0.25, 0.3) is 0 Å². The van der Waals surface area contributed by atoms with E-state index < -0.39 is 11.2 Å². The molecule has 2 aromatic carbocycles. The molecular weight excluding hydrogens is 329 g/mol. The average Bonchev–Trinajstić information content (AvgIpc) is 3.37. The van der Waals surface area contributed by atoms with Gasteiger partial charge in [0.15, 0.2) is 11.6 Å². The number of rotatable bonds is 6. The molecule has 0 unspecified atom stereocenters. The molecule has 1 aliphatic carbocycles. The molecule has 0 atom stereocenters. The zero-order valence-electron chi connectivity index (χ0n) is 13.4. The van der Waals surface area contributed by atoms with Crippen molar-refractivity contribution in [2.75, 3.05) is 13.7 Å². The number of carbonyl (C=O) groups excluding carboxylic acids is 1. The first-order chi connectivity index (χ1) is 11.6. The smallest absolute Gasteiger partial charge is 0.230 e. The van der Waals surface area contributed by atoms with Crippen LogP contribution in [0.5, 0.6) is 5.75 Å². The van der Waals surface area contributed by atoms with Gasteiger partial charge in [0.2, 0.25) is 5.91 Å². The number of hydrogen-bond donors (Lipinski definition) is 1. The fraction of sp³-hybridized carbons (Fsp3) is 0.316. The van der Waals surface area contributed by atoms with Gasteiger partial charge in [-0.2, -0.15) is 0 Å². The van der Waals surface area contributed by atoms with Crippen molar-refractivity contribution in [1.82, 2.24) is 5.32 Å². The van der Waals surface area contributed by atoms with E-state index in [0.29, 0.717) is 18.0 Å². The van der Waals surface area contributed by atoms with Gasteiger partial charge >= 0.3 is 0 Å². The third-order valence-electron chi connectivity index (χ3n) is 4.49. The van der Waals surface area contributed by atoms with Gasteiger partial charge in [-0.15, -0.1) is 0 Å². The molecule has 126 valence electrons. The Morgan fingerprint density at radius 2 is 2.04 bits per heavy atom. The molecular formula is C19H19ClFNO2. The SMILES string of the molecule is COc1ccc(CCNC(=O)C2(c3ccccc3Cl)CC2)cc1F. The van der Waals surface area contributed by atoms with E-state index in [9.17, 15) is 9.18 Å². The van der Waals surface area contributed by atoms with Crippen molar-refractivity contribution in [3.8, 4) is 5.75 Å². The van der Waals surface area contributed by atoms with Gasteiger partial charge in [-0.3, -0.25) is 4.79 Å². The predicted octanol–water partition coefficient (Wildman–Crippen LogP) is 3.88. The average molecular weight is 348 g/mol. The summed E-state index contributed by atoms with van der Waals surface area (Å²) in [6.45, 7) is 0.455. The predicted molar refractivity (Wildman–Crippen MR) is 92.0 cm³/mol.